The zero-order valence-electron chi connectivity index (χ0n) is 11.6. The molecule has 0 atom stereocenters. The lowest BCUT2D eigenvalue weighted by atomic mass is 10.2. The van der Waals surface area contributed by atoms with Gasteiger partial charge in [0.1, 0.15) is 0 Å². The molecule has 0 amide bonds. The van der Waals surface area contributed by atoms with Crippen molar-refractivity contribution >= 4 is 10.1 Å². The predicted octanol–water partition coefficient (Wildman–Crippen LogP) is 3.84. The van der Waals surface area contributed by atoms with E-state index in [0.717, 1.165) is 12.0 Å². The molecule has 0 aliphatic rings. The van der Waals surface area contributed by atoms with Gasteiger partial charge in [0.05, 0.1) is 11.5 Å². The maximum absolute atomic E-state index is 11.8. The molecule has 0 N–H and O–H groups in total. The van der Waals surface area contributed by atoms with Gasteiger partial charge in [0.25, 0.3) is 10.1 Å². The predicted molar refractivity (Wildman–Crippen MR) is 77.6 cm³/mol. The van der Waals surface area contributed by atoms with E-state index in [2.05, 4.69) is 13.0 Å². The second kappa shape index (κ2) is 8.12. The van der Waals surface area contributed by atoms with Crippen molar-refractivity contribution in [1.29, 1.82) is 0 Å². The minimum Gasteiger partial charge on any atom is -0.266 e. The van der Waals surface area contributed by atoms with Gasteiger partial charge in [0.2, 0.25) is 0 Å². The Bertz CT molecular complexity index is 487. The van der Waals surface area contributed by atoms with Crippen molar-refractivity contribution in [2.45, 2.75) is 44.4 Å². The number of rotatable bonds is 8. The van der Waals surface area contributed by atoms with Crippen LogP contribution >= 0.6 is 0 Å². The van der Waals surface area contributed by atoms with Gasteiger partial charge in [-0.15, -0.1) is 0 Å². The molecule has 106 valence electrons. The largest absolute Gasteiger partial charge is 0.296 e. The zero-order chi connectivity index (χ0) is 14.1. The Morgan fingerprint density at radius 1 is 1.11 bits per heavy atom. The van der Waals surface area contributed by atoms with Crippen molar-refractivity contribution in [1.82, 2.24) is 0 Å². The Kier molecular flexibility index (Phi) is 6.81. The summed E-state index contributed by atoms with van der Waals surface area (Å²) in [6.45, 7) is 4.25. The molecule has 0 heterocycles. The van der Waals surface area contributed by atoms with Gasteiger partial charge in [-0.2, -0.15) is 8.42 Å². The van der Waals surface area contributed by atoms with E-state index in [4.69, 9.17) is 4.18 Å². The molecule has 1 aromatic carbocycles. The summed E-state index contributed by atoms with van der Waals surface area (Å²) in [5, 5.41) is 0. The molecule has 0 unspecified atom stereocenters. The summed E-state index contributed by atoms with van der Waals surface area (Å²) in [7, 11) is -3.61. The van der Waals surface area contributed by atoms with Gasteiger partial charge in [-0.05, 0) is 31.9 Å². The van der Waals surface area contributed by atoms with Gasteiger partial charge in [-0.1, -0.05) is 49.6 Å². The second-order valence-corrected chi connectivity index (χ2v) is 6.11. The molecule has 0 spiro atoms. The average molecular weight is 282 g/mol. The molecule has 0 aliphatic carbocycles. The average Bonchev–Trinajstić information content (AvgIpc) is 2.38. The van der Waals surface area contributed by atoms with Crippen molar-refractivity contribution in [3.8, 4) is 0 Å². The number of hydrogen-bond donors (Lipinski definition) is 0. The summed E-state index contributed by atoms with van der Waals surface area (Å²) >= 11 is 0. The normalized spacial score (nSPS) is 12.1. The smallest absolute Gasteiger partial charge is 0.266 e. The lowest BCUT2D eigenvalue weighted by Crippen LogP contribution is -2.07. The highest BCUT2D eigenvalue weighted by atomic mass is 32.2. The van der Waals surface area contributed by atoms with Crippen LogP contribution < -0.4 is 0 Å². The van der Waals surface area contributed by atoms with E-state index in [9.17, 15) is 8.42 Å². The lowest BCUT2D eigenvalue weighted by Gasteiger charge is -2.04. The third-order valence-corrected chi connectivity index (χ3v) is 4.05. The molecule has 1 rings (SSSR count). The number of benzene rings is 1. The van der Waals surface area contributed by atoms with Gasteiger partial charge < -0.3 is 0 Å². The number of hydrogen-bond acceptors (Lipinski definition) is 3. The minimum absolute atomic E-state index is 0.193. The molecule has 0 saturated carbocycles. The van der Waals surface area contributed by atoms with Crippen LogP contribution in [0.2, 0.25) is 0 Å². The summed E-state index contributed by atoms with van der Waals surface area (Å²) < 4.78 is 28.6. The van der Waals surface area contributed by atoms with Gasteiger partial charge >= 0.3 is 0 Å². The highest BCUT2D eigenvalue weighted by Crippen LogP contribution is 2.13. The highest BCUT2D eigenvalue weighted by molar-refractivity contribution is 7.86. The van der Waals surface area contributed by atoms with E-state index >= 15 is 0 Å². The fraction of sp³-hybridized carbons (Fsp3) is 0.467. The van der Waals surface area contributed by atoms with E-state index in [1.807, 2.05) is 13.0 Å². The molecular weight excluding hydrogens is 260 g/mol. The van der Waals surface area contributed by atoms with Crippen LogP contribution in [0.25, 0.3) is 0 Å². The van der Waals surface area contributed by atoms with Gasteiger partial charge in [0, 0.05) is 0 Å². The molecule has 0 radical (unpaired) electrons. The SMILES string of the molecule is CCCC/C=C\CCOS(=O)(=O)c1ccc(C)cc1. The Morgan fingerprint density at radius 3 is 2.37 bits per heavy atom. The van der Waals surface area contributed by atoms with Gasteiger partial charge in [-0.25, -0.2) is 0 Å². The first kappa shape index (κ1) is 15.9. The van der Waals surface area contributed by atoms with Crippen molar-refractivity contribution < 1.29 is 12.6 Å². The fourth-order valence-electron chi connectivity index (χ4n) is 1.56. The number of aryl methyl sites for hydroxylation is 1. The van der Waals surface area contributed by atoms with Gasteiger partial charge in [-0.3, -0.25) is 4.18 Å². The molecule has 0 bridgehead atoms. The van der Waals surface area contributed by atoms with Crippen LogP contribution in [0.15, 0.2) is 41.3 Å². The minimum atomic E-state index is -3.61. The summed E-state index contributed by atoms with van der Waals surface area (Å²) in [6, 6.07) is 6.67. The molecule has 3 nitrogen and oxygen atoms in total. The standard InChI is InChI=1S/C15H22O3S/c1-3-4-5-6-7-8-13-18-19(16,17)15-11-9-14(2)10-12-15/h6-7,9-12H,3-5,8,13H2,1-2H3/b7-6-. The van der Waals surface area contributed by atoms with Crippen LogP contribution in [-0.4, -0.2) is 15.0 Å². The van der Waals surface area contributed by atoms with Crippen LogP contribution in [-0.2, 0) is 14.3 Å². The van der Waals surface area contributed by atoms with E-state index < -0.39 is 10.1 Å². The summed E-state index contributed by atoms with van der Waals surface area (Å²) in [5.41, 5.74) is 1.03. The molecule has 0 saturated heterocycles. The molecule has 4 heteroatoms. The van der Waals surface area contributed by atoms with E-state index in [-0.39, 0.29) is 11.5 Å². The van der Waals surface area contributed by atoms with Crippen LogP contribution in [0.5, 0.6) is 0 Å². The number of unbranched alkanes of at least 4 members (excludes halogenated alkanes) is 2. The van der Waals surface area contributed by atoms with Crippen LogP contribution in [0.3, 0.4) is 0 Å². The van der Waals surface area contributed by atoms with Crippen molar-refractivity contribution in [3.05, 3.63) is 42.0 Å². The summed E-state index contributed by atoms with van der Waals surface area (Å²) in [5.74, 6) is 0. The zero-order valence-corrected chi connectivity index (χ0v) is 12.4. The molecule has 0 fully saturated rings. The first-order valence-corrected chi connectivity index (χ1v) is 8.08. The van der Waals surface area contributed by atoms with Gasteiger partial charge in [0.15, 0.2) is 0 Å². The Balaban J connectivity index is 2.39. The van der Waals surface area contributed by atoms with Crippen molar-refractivity contribution in [3.63, 3.8) is 0 Å². The van der Waals surface area contributed by atoms with E-state index in [1.54, 1.807) is 24.3 Å². The van der Waals surface area contributed by atoms with E-state index in [1.165, 1.54) is 12.8 Å². The van der Waals surface area contributed by atoms with Crippen molar-refractivity contribution in [2.75, 3.05) is 6.61 Å². The lowest BCUT2D eigenvalue weighted by molar-refractivity contribution is 0.324. The molecule has 1 aromatic rings. The monoisotopic (exact) mass is 282 g/mol. The molecule has 0 aromatic heterocycles. The number of allylic oxidation sites excluding steroid dienone is 1. The van der Waals surface area contributed by atoms with Crippen molar-refractivity contribution in [2.24, 2.45) is 0 Å². The second-order valence-electron chi connectivity index (χ2n) is 4.49. The Hall–Kier alpha value is -1.13. The first-order valence-electron chi connectivity index (χ1n) is 6.67. The topological polar surface area (TPSA) is 43.4 Å². The maximum Gasteiger partial charge on any atom is 0.296 e. The van der Waals surface area contributed by atoms with Crippen LogP contribution in [0.4, 0.5) is 0 Å². The van der Waals surface area contributed by atoms with Crippen LogP contribution in [0, 0.1) is 6.92 Å². The Labute approximate surface area is 116 Å². The molecular formula is C15H22O3S. The summed E-state index contributed by atoms with van der Waals surface area (Å²) in [6.07, 6.45) is 8.05. The Morgan fingerprint density at radius 2 is 1.74 bits per heavy atom. The van der Waals surface area contributed by atoms with Crippen LogP contribution in [0.1, 0.15) is 38.2 Å². The third kappa shape index (κ3) is 6.03. The first-order chi connectivity index (χ1) is 9.06. The third-order valence-electron chi connectivity index (χ3n) is 2.72. The molecule has 19 heavy (non-hydrogen) atoms. The molecule has 0 aliphatic heterocycles. The maximum atomic E-state index is 11.8. The summed E-state index contributed by atoms with van der Waals surface area (Å²) in [4.78, 5) is 0.216. The fourth-order valence-corrected chi connectivity index (χ4v) is 2.48. The van der Waals surface area contributed by atoms with E-state index in [0.29, 0.717) is 6.42 Å². The quantitative estimate of drug-likeness (QED) is 0.413. The highest BCUT2D eigenvalue weighted by Gasteiger charge is 2.13.